The van der Waals surface area contributed by atoms with Gasteiger partial charge in [-0.15, -0.1) is 0 Å². The summed E-state index contributed by atoms with van der Waals surface area (Å²) in [5.41, 5.74) is 2.40. The van der Waals surface area contributed by atoms with Gasteiger partial charge < -0.3 is 34.9 Å². The van der Waals surface area contributed by atoms with E-state index in [9.17, 15) is 14.3 Å². The maximum absolute atomic E-state index is 14.8. The first-order valence-corrected chi connectivity index (χ1v) is 14.9. The largest absolute Gasteiger partial charge is 0.497 e. The van der Waals surface area contributed by atoms with E-state index >= 15 is 0 Å². The summed E-state index contributed by atoms with van der Waals surface area (Å²) >= 11 is 6.73. The van der Waals surface area contributed by atoms with Crippen LogP contribution in [0.5, 0.6) is 11.5 Å². The second-order valence-corrected chi connectivity index (χ2v) is 10.8. The highest BCUT2D eigenvalue weighted by atomic mass is 35.5. The van der Waals surface area contributed by atoms with Crippen molar-refractivity contribution in [3.8, 4) is 11.5 Å². The number of benzene rings is 2. The number of nitrogens with one attached hydrogen (secondary N) is 2. The molecule has 0 saturated carbocycles. The molecule has 2 aliphatic heterocycles. The van der Waals surface area contributed by atoms with Crippen LogP contribution in [-0.4, -0.2) is 92.3 Å². The first-order valence-electron chi connectivity index (χ1n) is 14.5. The van der Waals surface area contributed by atoms with Crippen molar-refractivity contribution in [2.75, 3.05) is 75.7 Å². The summed E-state index contributed by atoms with van der Waals surface area (Å²) in [5.74, 6) is 0.753. The number of hydrogen-bond donors (Lipinski definition) is 3. The maximum atomic E-state index is 14.8. The van der Waals surface area contributed by atoms with E-state index in [4.69, 9.17) is 30.8 Å². The van der Waals surface area contributed by atoms with Gasteiger partial charge in [0.1, 0.15) is 23.1 Å². The summed E-state index contributed by atoms with van der Waals surface area (Å²) < 4.78 is 31.1. The summed E-state index contributed by atoms with van der Waals surface area (Å²) in [5, 5.41) is 17.9. The monoisotopic (exact) mass is 638 g/mol. The molecule has 45 heavy (non-hydrogen) atoms. The minimum Gasteiger partial charge on any atom is -0.497 e. The number of rotatable bonds is 12. The molecule has 3 heterocycles. The summed E-state index contributed by atoms with van der Waals surface area (Å²) in [6.07, 6.45) is 3.75. The Labute approximate surface area is 266 Å². The summed E-state index contributed by atoms with van der Waals surface area (Å²) in [6, 6.07) is 7.98. The Morgan fingerprint density at radius 2 is 2.02 bits per heavy atom. The van der Waals surface area contributed by atoms with Crippen molar-refractivity contribution < 1.29 is 28.5 Å². The molecule has 1 amide bonds. The molecule has 0 radical (unpaired) electrons. The number of aliphatic hydroxyl groups is 1. The zero-order valence-corrected chi connectivity index (χ0v) is 25.9. The molecule has 0 bridgehead atoms. The Hall–Kier alpha value is -4.23. The zero-order chi connectivity index (χ0) is 31.9. The van der Waals surface area contributed by atoms with Crippen molar-refractivity contribution in [3.05, 3.63) is 76.7 Å². The van der Waals surface area contributed by atoms with Gasteiger partial charge >= 0.3 is 0 Å². The number of anilines is 3. The third-order valence-electron chi connectivity index (χ3n) is 7.66. The van der Waals surface area contributed by atoms with Gasteiger partial charge in [0.15, 0.2) is 6.23 Å². The number of carbonyl (C=O) groups excluding carboxylic acids is 1. The molecule has 238 valence electrons. The van der Waals surface area contributed by atoms with E-state index in [1.54, 1.807) is 35.4 Å². The fourth-order valence-corrected chi connectivity index (χ4v) is 5.51. The van der Waals surface area contributed by atoms with E-state index in [2.05, 4.69) is 27.1 Å². The van der Waals surface area contributed by atoms with Crippen LogP contribution >= 0.6 is 11.6 Å². The first kappa shape index (κ1) is 32.2. The zero-order valence-electron chi connectivity index (χ0n) is 25.2. The molecule has 2 aromatic carbocycles. The van der Waals surface area contributed by atoms with Crippen molar-refractivity contribution in [1.29, 1.82) is 0 Å². The van der Waals surface area contributed by atoms with Crippen LogP contribution in [0.15, 0.2) is 49.2 Å². The number of nitrogens with zero attached hydrogens (tertiary/aromatic N) is 4. The Kier molecular flexibility index (Phi) is 10.5. The van der Waals surface area contributed by atoms with Gasteiger partial charge in [0, 0.05) is 61.7 Å². The first-order chi connectivity index (χ1) is 21.8. The molecule has 2 aliphatic rings. The topological polar surface area (TPSA) is 121 Å². The molecular formula is C32H36ClFN6O5. The molecule has 1 unspecified atom stereocenters. The highest BCUT2D eigenvalue weighted by Gasteiger charge is 2.31. The molecular weight excluding hydrogens is 603 g/mol. The number of amides is 1. The second-order valence-electron chi connectivity index (χ2n) is 10.5. The fourth-order valence-electron chi connectivity index (χ4n) is 5.22. The second kappa shape index (κ2) is 14.7. The van der Waals surface area contributed by atoms with Gasteiger partial charge in [-0.3, -0.25) is 9.69 Å². The number of aliphatic hydroxyl groups excluding tert-OH is 1. The van der Waals surface area contributed by atoms with Crippen LogP contribution in [0.4, 0.5) is 21.8 Å². The molecule has 11 nitrogen and oxygen atoms in total. The number of fused-ring (bicyclic) bond motifs is 1. The van der Waals surface area contributed by atoms with Gasteiger partial charge in [-0.2, -0.15) is 4.98 Å². The number of methoxy groups -OCH3 is 2. The van der Waals surface area contributed by atoms with Gasteiger partial charge in [-0.25, -0.2) is 9.37 Å². The van der Waals surface area contributed by atoms with Gasteiger partial charge in [-0.05, 0) is 42.3 Å². The molecule has 3 aromatic rings. The molecule has 13 heteroatoms. The van der Waals surface area contributed by atoms with Crippen molar-refractivity contribution in [2.24, 2.45) is 0 Å². The lowest BCUT2D eigenvalue weighted by Crippen LogP contribution is -2.41. The van der Waals surface area contributed by atoms with Gasteiger partial charge in [0.05, 0.1) is 38.1 Å². The highest BCUT2D eigenvalue weighted by Crippen LogP contribution is 2.42. The van der Waals surface area contributed by atoms with Crippen molar-refractivity contribution in [3.63, 3.8) is 0 Å². The molecule has 1 aromatic heterocycles. The lowest BCUT2D eigenvalue weighted by molar-refractivity contribution is -0.111. The summed E-state index contributed by atoms with van der Waals surface area (Å²) in [4.78, 5) is 25.0. The SMILES string of the molecule is C=CC(=O)Nc1ccc(CCN2c3nc(NCCN4CCOCC4)ncc3C=C(c3cc(OC)cc(OC)c3Cl)C2O)cc1F. The minimum atomic E-state index is -1.17. The molecule has 0 spiro atoms. The smallest absolute Gasteiger partial charge is 0.247 e. The number of aromatic nitrogens is 2. The summed E-state index contributed by atoms with van der Waals surface area (Å²) in [7, 11) is 3.04. The predicted octanol–water partition coefficient (Wildman–Crippen LogP) is 4.08. The van der Waals surface area contributed by atoms with Crippen LogP contribution in [0.1, 0.15) is 16.7 Å². The quantitative estimate of drug-likeness (QED) is 0.250. The van der Waals surface area contributed by atoms with Gasteiger partial charge in [-0.1, -0.05) is 24.2 Å². The van der Waals surface area contributed by atoms with Crippen LogP contribution < -0.4 is 25.0 Å². The number of hydrogen-bond acceptors (Lipinski definition) is 10. The van der Waals surface area contributed by atoms with E-state index in [0.717, 1.165) is 38.9 Å². The molecule has 0 aliphatic carbocycles. The lowest BCUT2D eigenvalue weighted by atomic mass is 9.96. The Bertz CT molecular complexity index is 1580. The van der Waals surface area contributed by atoms with Crippen LogP contribution in [0.2, 0.25) is 5.02 Å². The maximum Gasteiger partial charge on any atom is 0.247 e. The van der Waals surface area contributed by atoms with E-state index < -0.39 is 18.0 Å². The third kappa shape index (κ3) is 7.54. The number of morpholine rings is 1. The van der Waals surface area contributed by atoms with Crippen molar-refractivity contribution in [1.82, 2.24) is 14.9 Å². The number of ether oxygens (including phenoxy) is 3. The third-order valence-corrected chi connectivity index (χ3v) is 8.05. The predicted molar refractivity (Wildman–Crippen MR) is 172 cm³/mol. The molecule has 3 N–H and O–H groups in total. The normalized spacial score (nSPS) is 16.4. The Balaban J connectivity index is 1.44. The number of halogens is 2. The van der Waals surface area contributed by atoms with Crippen LogP contribution in [0.3, 0.4) is 0 Å². The van der Waals surface area contributed by atoms with Crippen molar-refractivity contribution >= 4 is 46.6 Å². The standard InChI is InChI=1S/C32H36ClFN6O5/c1-4-28(41)37-26-6-5-20(15-25(26)34)7-9-40-30-21(19-36-32(38-30)35-8-10-39-11-13-45-14-12-39)16-24(31(40)42)23-17-22(43-2)18-27(44-3)29(23)33/h4-6,15-19,31,42H,1,7-14H2,2-3H3,(H,37,41)(H,35,36,38). The average Bonchev–Trinajstić information content (AvgIpc) is 3.06. The molecule has 1 saturated heterocycles. The van der Waals surface area contributed by atoms with Gasteiger partial charge in [0.25, 0.3) is 0 Å². The molecule has 1 fully saturated rings. The Morgan fingerprint density at radius 3 is 2.73 bits per heavy atom. The van der Waals surface area contributed by atoms with E-state index in [-0.39, 0.29) is 12.2 Å². The van der Waals surface area contributed by atoms with Crippen LogP contribution in [0.25, 0.3) is 11.6 Å². The van der Waals surface area contributed by atoms with E-state index in [1.807, 2.05) is 0 Å². The molecule has 1 atom stereocenters. The highest BCUT2D eigenvalue weighted by molar-refractivity contribution is 6.34. The Morgan fingerprint density at radius 1 is 1.22 bits per heavy atom. The van der Waals surface area contributed by atoms with Gasteiger partial charge in [0.2, 0.25) is 11.9 Å². The van der Waals surface area contributed by atoms with E-state index in [1.165, 1.54) is 26.4 Å². The minimum absolute atomic E-state index is 0.0550. The molecule has 5 rings (SSSR count). The average molecular weight is 639 g/mol. The van der Waals surface area contributed by atoms with Crippen LogP contribution in [0, 0.1) is 5.82 Å². The lowest BCUT2D eigenvalue weighted by Gasteiger charge is -2.36. The number of carbonyl (C=O) groups is 1. The fraction of sp³-hybridized carbons (Fsp3) is 0.344. The van der Waals surface area contributed by atoms with Crippen LogP contribution in [-0.2, 0) is 16.0 Å². The summed E-state index contributed by atoms with van der Waals surface area (Å²) in [6.45, 7) is 8.30. The van der Waals surface area contributed by atoms with Crippen molar-refractivity contribution in [2.45, 2.75) is 12.6 Å². The van der Waals surface area contributed by atoms with E-state index in [0.29, 0.717) is 63.5 Å².